The summed E-state index contributed by atoms with van der Waals surface area (Å²) in [5.41, 5.74) is 1.12. The van der Waals surface area contributed by atoms with Gasteiger partial charge in [0.1, 0.15) is 11.3 Å². The molecule has 0 bridgehead atoms. The van der Waals surface area contributed by atoms with E-state index in [1.54, 1.807) is 6.92 Å². The molecule has 1 unspecified atom stereocenters. The van der Waals surface area contributed by atoms with E-state index in [9.17, 15) is 14.7 Å². The van der Waals surface area contributed by atoms with Gasteiger partial charge in [0.15, 0.2) is 0 Å². The summed E-state index contributed by atoms with van der Waals surface area (Å²) < 4.78 is 5.66. The number of nitrogens with zero attached hydrogens (tertiary/aromatic N) is 1. The first kappa shape index (κ1) is 16.3. The van der Waals surface area contributed by atoms with Crippen molar-refractivity contribution in [1.29, 1.82) is 0 Å². The number of hydrogen-bond donors (Lipinski definition) is 1. The summed E-state index contributed by atoms with van der Waals surface area (Å²) in [4.78, 5) is 25.1. The van der Waals surface area contributed by atoms with Crippen LogP contribution in [-0.2, 0) is 9.59 Å². The lowest BCUT2D eigenvalue weighted by Gasteiger charge is -2.31. The molecule has 1 heterocycles. The van der Waals surface area contributed by atoms with E-state index in [0.717, 1.165) is 23.3 Å². The number of rotatable bonds is 5. The highest BCUT2D eigenvalue weighted by Crippen LogP contribution is 2.30. The van der Waals surface area contributed by atoms with Crippen molar-refractivity contribution in [2.75, 3.05) is 13.2 Å². The molecule has 1 amide bonds. The van der Waals surface area contributed by atoms with Crippen LogP contribution < -0.4 is 4.74 Å². The Morgan fingerprint density at radius 1 is 1.36 bits per heavy atom. The Balaban J connectivity index is 1.92. The maximum atomic E-state index is 12.3. The zero-order chi connectivity index (χ0) is 16.3. The smallest absolute Gasteiger partial charge is 0.329 e. The van der Waals surface area contributed by atoms with Crippen LogP contribution in [0, 0.1) is 13.8 Å². The van der Waals surface area contributed by atoms with Gasteiger partial charge in [-0.1, -0.05) is 17.7 Å². The average molecular weight is 305 g/mol. The number of likely N-dealkylation sites (tertiary alicyclic amines) is 1. The number of aryl methyl sites for hydroxylation is 2. The van der Waals surface area contributed by atoms with Crippen LogP contribution in [0.3, 0.4) is 0 Å². The third-order valence-electron chi connectivity index (χ3n) is 4.31. The number of benzene rings is 1. The van der Waals surface area contributed by atoms with E-state index in [0.29, 0.717) is 13.0 Å². The molecule has 1 N–H and O–H groups in total. The number of carbonyl (C=O) groups excluding carboxylic acids is 1. The molecule has 1 aromatic carbocycles. The Morgan fingerprint density at radius 2 is 2.09 bits per heavy atom. The number of aliphatic carboxylic acids is 1. The number of carboxylic acid groups (broad SMARTS) is 1. The van der Waals surface area contributed by atoms with Gasteiger partial charge < -0.3 is 14.7 Å². The van der Waals surface area contributed by atoms with Gasteiger partial charge in [-0.05, 0) is 45.2 Å². The standard InChI is InChI=1S/C17H23NO4/c1-12-5-6-14(13(2)11-12)22-10-7-15(19)18-9-4-8-17(18,3)16(20)21/h5-6,11H,4,7-10H2,1-3H3,(H,20,21). The Hall–Kier alpha value is -2.04. The van der Waals surface area contributed by atoms with E-state index < -0.39 is 11.5 Å². The van der Waals surface area contributed by atoms with Crippen LogP contribution in [-0.4, -0.2) is 40.6 Å². The molecule has 1 fully saturated rings. The van der Waals surface area contributed by atoms with E-state index >= 15 is 0 Å². The maximum Gasteiger partial charge on any atom is 0.329 e. The molecule has 1 aliphatic heterocycles. The van der Waals surface area contributed by atoms with Gasteiger partial charge in [-0.2, -0.15) is 0 Å². The zero-order valence-corrected chi connectivity index (χ0v) is 13.4. The molecule has 5 heteroatoms. The molecule has 22 heavy (non-hydrogen) atoms. The lowest BCUT2D eigenvalue weighted by atomic mass is 9.99. The molecule has 0 radical (unpaired) electrons. The van der Waals surface area contributed by atoms with Crippen molar-refractivity contribution in [3.05, 3.63) is 29.3 Å². The van der Waals surface area contributed by atoms with Crippen LogP contribution >= 0.6 is 0 Å². The monoisotopic (exact) mass is 305 g/mol. The van der Waals surface area contributed by atoms with Crippen molar-refractivity contribution in [3.63, 3.8) is 0 Å². The van der Waals surface area contributed by atoms with Crippen molar-refractivity contribution < 1.29 is 19.4 Å². The quantitative estimate of drug-likeness (QED) is 0.908. The minimum Gasteiger partial charge on any atom is -0.493 e. The summed E-state index contributed by atoms with van der Waals surface area (Å²) in [5, 5.41) is 9.33. The lowest BCUT2D eigenvalue weighted by molar-refractivity contribution is -0.155. The molecule has 1 aromatic rings. The van der Waals surface area contributed by atoms with Gasteiger partial charge in [0.2, 0.25) is 5.91 Å². The van der Waals surface area contributed by atoms with Crippen molar-refractivity contribution in [3.8, 4) is 5.75 Å². The Morgan fingerprint density at radius 3 is 2.73 bits per heavy atom. The lowest BCUT2D eigenvalue weighted by Crippen LogP contribution is -2.51. The van der Waals surface area contributed by atoms with Gasteiger partial charge in [0, 0.05) is 6.54 Å². The summed E-state index contributed by atoms with van der Waals surface area (Å²) in [7, 11) is 0. The van der Waals surface area contributed by atoms with Gasteiger partial charge in [-0.15, -0.1) is 0 Å². The third-order valence-corrected chi connectivity index (χ3v) is 4.31. The molecule has 0 aliphatic carbocycles. The van der Waals surface area contributed by atoms with E-state index in [1.807, 2.05) is 32.0 Å². The Labute approximate surface area is 130 Å². The minimum atomic E-state index is -1.07. The largest absolute Gasteiger partial charge is 0.493 e. The van der Waals surface area contributed by atoms with Crippen LogP contribution in [0.15, 0.2) is 18.2 Å². The van der Waals surface area contributed by atoms with Crippen LogP contribution in [0.5, 0.6) is 5.75 Å². The first-order valence-corrected chi connectivity index (χ1v) is 7.58. The second-order valence-corrected chi connectivity index (χ2v) is 6.10. The highest BCUT2D eigenvalue weighted by Gasteiger charge is 2.45. The molecule has 0 saturated carbocycles. The topological polar surface area (TPSA) is 66.8 Å². The predicted octanol–water partition coefficient (Wildman–Crippen LogP) is 2.54. The second kappa shape index (κ2) is 6.38. The van der Waals surface area contributed by atoms with Gasteiger partial charge in [-0.25, -0.2) is 4.79 Å². The fourth-order valence-corrected chi connectivity index (χ4v) is 2.93. The van der Waals surface area contributed by atoms with Gasteiger partial charge in [0.25, 0.3) is 0 Å². The van der Waals surface area contributed by atoms with E-state index in [1.165, 1.54) is 4.90 Å². The number of ether oxygens (including phenoxy) is 1. The summed E-state index contributed by atoms with van der Waals surface area (Å²) in [6, 6.07) is 5.89. The van der Waals surface area contributed by atoms with Crippen LogP contribution in [0.2, 0.25) is 0 Å². The summed E-state index contributed by atoms with van der Waals surface area (Å²) in [6.45, 7) is 6.36. The number of carbonyl (C=O) groups is 2. The molecule has 1 aliphatic rings. The van der Waals surface area contributed by atoms with E-state index in [2.05, 4.69) is 0 Å². The highest BCUT2D eigenvalue weighted by atomic mass is 16.5. The zero-order valence-electron chi connectivity index (χ0n) is 13.4. The van der Waals surface area contributed by atoms with Crippen molar-refractivity contribution in [1.82, 2.24) is 4.90 Å². The van der Waals surface area contributed by atoms with Gasteiger partial charge in [-0.3, -0.25) is 4.79 Å². The molecule has 0 spiro atoms. The van der Waals surface area contributed by atoms with E-state index in [-0.39, 0.29) is 18.9 Å². The number of hydrogen-bond acceptors (Lipinski definition) is 3. The minimum absolute atomic E-state index is 0.160. The molecule has 2 rings (SSSR count). The average Bonchev–Trinajstić information content (AvgIpc) is 2.84. The summed E-state index contributed by atoms with van der Waals surface area (Å²) in [6.07, 6.45) is 1.43. The predicted molar refractivity (Wildman–Crippen MR) is 83.0 cm³/mol. The molecule has 1 saturated heterocycles. The van der Waals surface area contributed by atoms with E-state index in [4.69, 9.17) is 4.74 Å². The van der Waals surface area contributed by atoms with Crippen LogP contribution in [0.4, 0.5) is 0 Å². The van der Waals surface area contributed by atoms with Crippen molar-refractivity contribution in [2.45, 2.75) is 45.6 Å². The Bertz CT molecular complexity index is 584. The molecule has 5 nitrogen and oxygen atoms in total. The van der Waals surface area contributed by atoms with Crippen molar-refractivity contribution in [2.24, 2.45) is 0 Å². The molecule has 0 aromatic heterocycles. The second-order valence-electron chi connectivity index (χ2n) is 6.10. The Kier molecular flexibility index (Phi) is 4.74. The molecular weight excluding hydrogens is 282 g/mol. The fraction of sp³-hybridized carbons (Fsp3) is 0.529. The number of carboxylic acids is 1. The highest BCUT2D eigenvalue weighted by molar-refractivity contribution is 5.87. The summed E-state index contributed by atoms with van der Waals surface area (Å²) in [5.74, 6) is -0.332. The van der Waals surface area contributed by atoms with Gasteiger partial charge >= 0.3 is 5.97 Å². The molecule has 1 atom stereocenters. The first-order valence-electron chi connectivity index (χ1n) is 7.58. The molecular formula is C17H23NO4. The van der Waals surface area contributed by atoms with Crippen molar-refractivity contribution >= 4 is 11.9 Å². The summed E-state index contributed by atoms with van der Waals surface area (Å²) >= 11 is 0. The fourth-order valence-electron chi connectivity index (χ4n) is 2.93. The third kappa shape index (κ3) is 3.24. The SMILES string of the molecule is Cc1ccc(OCCC(=O)N2CCCC2(C)C(=O)O)c(C)c1. The van der Waals surface area contributed by atoms with Crippen LogP contribution in [0.1, 0.15) is 37.3 Å². The van der Waals surface area contributed by atoms with Crippen LogP contribution in [0.25, 0.3) is 0 Å². The van der Waals surface area contributed by atoms with Gasteiger partial charge in [0.05, 0.1) is 13.0 Å². The molecule has 120 valence electrons. The first-order chi connectivity index (χ1) is 10.3. The normalized spacial score (nSPS) is 21.0. The maximum absolute atomic E-state index is 12.3. The number of amides is 1.